The first-order valence-corrected chi connectivity index (χ1v) is 12.7. The molecule has 2 heteroatoms. The summed E-state index contributed by atoms with van der Waals surface area (Å²) in [6.07, 6.45) is 6.59. The van der Waals surface area contributed by atoms with E-state index in [4.69, 9.17) is 0 Å². The SMILES string of the molecule is CCCC[Te+](CC)CC12CCC(CC1O)C2(C)C. The van der Waals surface area contributed by atoms with Crippen molar-refractivity contribution in [3.05, 3.63) is 0 Å². The second-order valence-corrected chi connectivity index (χ2v) is 14.1. The van der Waals surface area contributed by atoms with E-state index in [2.05, 4.69) is 27.7 Å². The molecule has 2 saturated carbocycles. The summed E-state index contributed by atoms with van der Waals surface area (Å²) in [7, 11) is 0. The number of fused-ring (bicyclic) bond motifs is 2. The van der Waals surface area contributed by atoms with E-state index in [0.29, 0.717) is 10.8 Å². The first-order chi connectivity index (χ1) is 8.48. The van der Waals surface area contributed by atoms with Crippen molar-refractivity contribution in [1.82, 2.24) is 0 Å². The third-order valence-corrected chi connectivity index (χ3v) is 13.5. The fourth-order valence-electron chi connectivity index (χ4n) is 4.41. The Bertz CT molecular complexity index is 289. The summed E-state index contributed by atoms with van der Waals surface area (Å²) >= 11 is -0.948. The van der Waals surface area contributed by atoms with Gasteiger partial charge in [0.25, 0.3) is 0 Å². The molecule has 0 amide bonds. The molecule has 3 atom stereocenters. The average molecular weight is 367 g/mol. The molecule has 2 aliphatic carbocycles. The minimum absolute atomic E-state index is 0.0165. The molecule has 0 spiro atoms. The molecule has 0 heterocycles. The van der Waals surface area contributed by atoms with Crippen LogP contribution in [0.5, 0.6) is 0 Å². The predicted octanol–water partition coefficient (Wildman–Crippen LogP) is 4.49. The van der Waals surface area contributed by atoms with Crippen LogP contribution in [-0.4, -0.2) is 30.8 Å². The Kier molecular flexibility index (Phi) is 4.73. The molecular weight excluding hydrogens is 336 g/mol. The second-order valence-electron chi connectivity index (χ2n) is 6.97. The minimum atomic E-state index is -0.948. The summed E-state index contributed by atoms with van der Waals surface area (Å²) < 4.78 is 4.43. The van der Waals surface area contributed by atoms with Gasteiger partial charge in [-0.15, -0.1) is 0 Å². The predicted molar refractivity (Wildman–Crippen MR) is 80.3 cm³/mol. The average Bonchev–Trinajstić information content (AvgIpc) is 2.68. The fourth-order valence-corrected chi connectivity index (χ4v) is 12.3. The summed E-state index contributed by atoms with van der Waals surface area (Å²) in [6, 6.07) is 0. The van der Waals surface area contributed by atoms with Crippen molar-refractivity contribution in [3.63, 3.8) is 0 Å². The Labute approximate surface area is 120 Å². The molecule has 2 aliphatic rings. The molecule has 0 aromatic carbocycles. The second kappa shape index (κ2) is 5.63. The number of aliphatic hydroxyl groups is 1. The first kappa shape index (κ1) is 15.1. The molecule has 0 aliphatic heterocycles. The maximum atomic E-state index is 10.6. The van der Waals surface area contributed by atoms with Crippen LogP contribution in [0.3, 0.4) is 0 Å². The third-order valence-electron chi connectivity index (χ3n) is 6.04. The van der Waals surface area contributed by atoms with E-state index in [-0.39, 0.29) is 6.10 Å². The number of rotatable bonds is 6. The Hall–Kier alpha value is 0.750. The van der Waals surface area contributed by atoms with Crippen molar-refractivity contribution in [3.8, 4) is 0 Å². The van der Waals surface area contributed by atoms with Gasteiger partial charge in [-0.25, -0.2) is 0 Å². The Morgan fingerprint density at radius 3 is 2.44 bits per heavy atom. The van der Waals surface area contributed by atoms with Gasteiger partial charge < -0.3 is 0 Å². The Morgan fingerprint density at radius 2 is 2.00 bits per heavy atom. The third kappa shape index (κ3) is 2.27. The van der Waals surface area contributed by atoms with E-state index in [1.165, 1.54) is 39.1 Å². The van der Waals surface area contributed by atoms with E-state index in [0.717, 1.165) is 12.3 Å². The van der Waals surface area contributed by atoms with Crippen LogP contribution in [0.15, 0.2) is 0 Å². The van der Waals surface area contributed by atoms with Gasteiger partial charge >= 0.3 is 121 Å². The Balaban J connectivity index is 2.10. The monoisotopic (exact) mass is 369 g/mol. The van der Waals surface area contributed by atoms with Crippen molar-refractivity contribution >= 4 is 19.6 Å². The van der Waals surface area contributed by atoms with Crippen molar-refractivity contribution in [2.45, 2.75) is 79.3 Å². The van der Waals surface area contributed by atoms with Crippen molar-refractivity contribution in [2.75, 3.05) is 0 Å². The van der Waals surface area contributed by atoms with E-state index in [9.17, 15) is 5.11 Å². The molecule has 0 aromatic heterocycles. The number of hydrogen-bond acceptors (Lipinski definition) is 1. The molecule has 0 aromatic rings. The van der Waals surface area contributed by atoms with Crippen molar-refractivity contribution in [1.29, 1.82) is 0 Å². The molecule has 0 radical (unpaired) electrons. The number of aliphatic hydroxyl groups excluding tert-OH is 1. The summed E-state index contributed by atoms with van der Waals surface area (Å²) in [6.45, 7) is 9.62. The van der Waals surface area contributed by atoms with Crippen LogP contribution in [-0.2, 0) is 0 Å². The molecule has 2 bridgehead atoms. The van der Waals surface area contributed by atoms with Crippen LogP contribution < -0.4 is 0 Å². The van der Waals surface area contributed by atoms with Gasteiger partial charge in [0.2, 0.25) is 0 Å². The Morgan fingerprint density at radius 1 is 1.28 bits per heavy atom. The molecule has 18 heavy (non-hydrogen) atoms. The van der Waals surface area contributed by atoms with Gasteiger partial charge in [0.15, 0.2) is 0 Å². The first-order valence-electron chi connectivity index (χ1n) is 7.80. The quantitative estimate of drug-likeness (QED) is 0.687. The zero-order valence-electron chi connectivity index (χ0n) is 12.7. The van der Waals surface area contributed by atoms with E-state index < -0.39 is 19.6 Å². The summed E-state index contributed by atoms with van der Waals surface area (Å²) in [4.78, 5) is 0. The number of unbranched alkanes of at least 4 members (excludes halogenated alkanes) is 1. The topological polar surface area (TPSA) is 20.2 Å². The van der Waals surface area contributed by atoms with Crippen molar-refractivity contribution < 1.29 is 5.11 Å². The fraction of sp³-hybridized carbons (Fsp3) is 1.00. The molecule has 2 rings (SSSR count). The summed E-state index contributed by atoms with van der Waals surface area (Å²) in [5, 5.41) is 10.6. The van der Waals surface area contributed by atoms with Gasteiger partial charge in [-0.2, -0.15) is 0 Å². The van der Waals surface area contributed by atoms with Crippen LogP contribution in [0.4, 0.5) is 0 Å². The summed E-state index contributed by atoms with van der Waals surface area (Å²) in [5.41, 5.74) is 0.727. The maximum absolute atomic E-state index is 10.6. The van der Waals surface area contributed by atoms with Gasteiger partial charge in [0.1, 0.15) is 0 Å². The molecule has 3 unspecified atom stereocenters. The number of hydrogen-bond donors (Lipinski definition) is 1. The van der Waals surface area contributed by atoms with Gasteiger partial charge in [-0.05, 0) is 0 Å². The molecule has 2 fully saturated rings. The standard InChI is InChI=1S/C16H31OTe/c1-5-7-10-18(6-2)12-16-9-8-13(11-14(16)17)15(16,3)4/h13-14,17H,5-12H2,1-4H3/q+1. The van der Waals surface area contributed by atoms with Crippen LogP contribution in [0, 0.1) is 16.7 Å². The van der Waals surface area contributed by atoms with Gasteiger partial charge in [0, 0.05) is 0 Å². The van der Waals surface area contributed by atoms with Crippen LogP contribution in [0.1, 0.15) is 59.8 Å². The zero-order valence-corrected chi connectivity index (χ0v) is 15.0. The van der Waals surface area contributed by atoms with E-state index in [1.54, 1.807) is 0 Å². The molecule has 106 valence electrons. The van der Waals surface area contributed by atoms with Crippen LogP contribution in [0.25, 0.3) is 0 Å². The summed E-state index contributed by atoms with van der Waals surface area (Å²) in [5.74, 6) is 0.801. The molecule has 0 saturated heterocycles. The van der Waals surface area contributed by atoms with Gasteiger partial charge in [0.05, 0.1) is 0 Å². The normalized spacial score (nSPS) is 37.7. The molecular formula is C16H31OTe+. The van der Waals surface area contributed by atoms with E-state index in [1.807, 2.05) is 0 Å². The van der Waals surface area contributed by atoms with E-state index >= 15 is 0 Å². The van der Waals surface area contributed by atoms with Gasteiger partial charge in [-0.1, -0.05) is 0 Å². The van der Waals surface area contributed by atoms with Crippen molar-refractivity contribution in [2.24, 2.45) is 16.7 Å². The van der Waals surface area contributed by atoms with Gasteiger partial charge in [-0.3, -0.25) is 0 Å². The zero-order chi connectivity index (χ0) is 13.4. The van der Waals surface area contributed by atoms with Crippen LogP contribution >= 0.6 is 0 Å². The molecule has 1 N–H and O–H groups in total. The van der Waals surface area contributed by atoms with Crippen LogP contribution in [0.2, 0.25) is 13.4 Å². The molecule has 1 nitrogen and oxygen atoms in total.